The summed E-state index contributed by atoms with van der Waals surface area (Å²) in [6.45, 7) is 12.0. The van der Waals surface area contributed by atoms with Crippen LogP contribution in [0.4, 0.5) is 10.1 Å². The molecule has 0 N–H and O–H groups in total. The van der Waals surface area contributed by atoms with Gasteiger partial charge in [-0.1, -0.05) is 62.4 Å². The van der Waals surface area contributed by atoms with Crippen LogP contribution in [0.3, 0.4) is 0 Å². The molecule has 3 rings (SSSR count). The highest BCUT2D eigenvalue weighted by molar-refractivity contribution is 6.33. The van der Waals surface area contributed by atoms with Crippen LogP contribution in [0.25, 0.3) is 0 Å². The van der Waals surface area contributed by atoms with Crippen molar-refractivity contribution in [1.82, 2.24) is 4.90 Å². The van der Waals surface area contributed by atoms with E-state index in [2.05, 4.69) is 54.5 Å². The molecule has 1 heterocycles. The summed E-state index contributed by atoms with van der Waals surface area (Å²) in [5.74, 6) is -0.290. The summed E-state index contributed by atoms with van der Waals surface area (Å²) in [5, 5.41) is 0.484. The molecule has 1 saturated heterocycles. The molecule has 0 spiro atoms. The Bertz CT molecular complexity index is 695. The molecule has 0 radical (unpaired) electrons. The summed E-state index contributed by atoms with van der Waals surface area (Å²) in [7, 11) is 0. The number of halogens is 2. The van der Waals surface area contributed by atoms with Crippen molar-refractivity contribution in [2.24, 2.45) is 0 Å². The predicted molar refractivity (Wildman–Crippen MR) is 110 cm³/mol. The maximum absolute atomic E-state index is 13.0. The fourth-order valence-corrected chi connectivity index (χ4v) is 3.23. The van der Waals surface area contributed by atoms with E-state index in [0.29, 0.717) is 5.02 Å². The summed E-state index contributed by atoms with van der Waals surface area (Å²) >= 11 is 6.08. The Kier molecular flexibility index (Phi) is 7.99. The van der Waals surface area contributed by atoms with E-state index in [9.17, 15) is 4.39 Å². The zero-order valence-corrected chi connectivity index (χ0v) is 16.5. The summed E-state index contributed by atoms with van der Waals surface area (Å²) < 4.78 is 13.0. The summed E-state index contributed by atoms with van der Waals surface area (Å²) in [5.41, 5.74) is 3.51. The third kappa shape index (κ3) is 5.77. The van der Waals surface area contributed by atoms with Crippen molar-refractivity contribution in [3.63, 3.8) is 0 Å². The van der Waals surface area contributed by atoms with E-state index < -0.39 is 0 Å². The molecule has 140 valence electrons. The van der Waals surface area contributed by atoms with Gasteiger partial charge in [0.25, 0.3) is 0 Å². The Morgan fingerprint density at radius 2 is 1.69 bits per heavy atom. The van der Waals surface area contributed by atoms with Crippen molar-refractivity contribution in [2.75, 3.05) is 31.1 Å². The lowest BCUT2D eigenvalue weighted by Crippen LogP contribution is -2.45. The highest BCUT2D eigenvalue weighted by atomic mass is 35.5. The second-order valence-electron chi connectivity index (χ2n) is 6.33. The Morgan fingerprint density at radius 1 is 1.04 bits per heavy atom. The molecule has 0 atom stereocenters. The van der Waals surface area contributed by atoms with Crippen LogP contribution in [-0.4, -0.2) is 31.1 Å². The minimum absolute atomic E-state index is 0.290. The Labute approximate surface area is 161 Å². The molecular formula is C22H28ClFN2. The topological polar surface area (TPSA) is 6.48 Å². The van der Waals surface area contributed by atoms with Gasteiger partial charge in [-0.25, -0.2) is 4.39 Å². The van der Waals surface area contributed by atoms with Crippen LogP contribution in [0.15, 0.2) is 60.8 Å². The van der Waals surface area contributed by atoms with E-state index in [4.69, 9.17) is 11.6 Å². The van der Waals surface area contributed by atoms with Gasteiger partial charge < -0.3 is 9.80 Å². The normalized spacial score (nSPS) is 13.8. The molecule has 0 saturated carbocycles. The van der Waals surface area contributed by atoms with Gasteiger partial charge in [0.15, 0.2) is 0 Å². The number of rotatable bonds is 4. The summed E-state index contributed by atoms with van der Waals surface area (Å²) in [4.78, 5) is 4.50. The van der Waals surface area contributed by atoms with Crippen molar-refractivity contribution < 1.29 is 4.39 Å². The minimum atomic E-state index is -0.290. The maximum Gasteiger partial charge on any atom is 0.124 e. The molecule has 0 amide bonds. The van der Waals surface area contributed by atoms with Crippen LogP contribution in [0, 0.1) is 5.82 Å². The molecule has 1 aliphatic heterocycles. The molecule has 0 aliphatic carbocycles. The first-order chi connectivity index (χ1) is 12.5. The zero-order chi connectivity index (χ0) is 18.9. The standard InChI is InChI=1S/C14H18ClFN2.C8H10/c1-3-11(2)17-6-8-18(9-7-17)14-5-4-12(16)10-13(14)15;1-2-8-6-4-3-5-7-8/h4-5,10H,2-3,6-9H2,1H3;3-7H,2H2,1H3. The van der Waals surface area contributed by atoms with E-state index in [1.807, 2.05) is 6.07 Å². The second-order valence-corrected chi connectivity index (χ2v) is 6.74. The van der Waals surface area contributed by atoms with Crippen molar-refractivity contribution >= 4 is 17.3 Å². The highest BCUT2D eigenvalue weighted by Crippen LogP contribution is 2.27. The molecule has 0 unspecified atom stereocenters. The van der Waals surface area contributed by atoms with Gasteiger partial charge in [0.1, 0.15) is 5.82 Å². The van der Waals surface area contributed by atoms with Crippen LogP contribution < -0.4 is 4.90 Å². The van der Waals surface area contributed by atoms with Gasteiger partial charge in [-0.3, -0.25) is 0 Å². The largest absolute Gasteiger partial charge is 0.372 e. The van der Waals surface area contributed by atoms with Gasteiger partial charge in [0.05, 0.1) is 10.7 Å². The quantitative estimate of drug-likeness (QED) is 0.669. The van der Waals surface area contributed by atoms with Crippen LogP contribution in [-0.2, 0) is 6.42 Å². The van der Waals surface area contributed by atoms with Crippen LogP contribution in [0.5, 0.6) is 0 Å². The molecular weight excluding hydrogens is 347 g/mol. The summed E-state index contributed by atoms with van der Waals surface area (Å²) in [6, 6.07) is 15.0. The lowest BCUT2D eigenvalue weighted by molar-refractivity contribution is 0.315. The number of piperazine rings is 1. The van der Waals surface area contributed by atoms with Crippen molar-refractivity contribution in [3.8, 4) is 0 Å². The monoisotopic (exact) mass is 374 g/mol. The van der Waals surface area contributed by atoms with Gasteiger partial charge in [-0.05, 0) is 36.6 Å². The molecule has 4 heteroatoms. The molecule has 26 heavy (non-hydrogen) atoms. The lowest BCUT2D eigenvalue weighted by atomic mass is 10.2. The smallest absolute Gasteiger partial charge is 0.124 e. The molecule has 2 aromatic rings. The van der Waals surface area contributed by atoms with E-state index in [0.717, 1.165) is 44.7 Å². The molecule has 1 fully saturated rings. The number of hydrogen-bond acceptors (Lipinski definition) is 2. The molecule has 0 bridgehead atoms. The van der Waals surface area contributed by atoms with Crippen LogP contribution in [0.2, 0.25) is 5.02 Å². The second kappa shape index (κ2) is 10.2. The highest BCUT2D eigenvalue weighted by Gasteiger charge is 2.19. The zero-order valence-electron chi connectivity index (χ0n) is 15.7. The first kappa shape index (κ1) is 20.3. The Hall–Kier alpha value is -2.00. The number of nitrogens with zero attached hydrogens (tertiary/aromatic N) is 2. The van der Waals surface area contributed by atoms with Gasteiger partial charge in [-0.15, -0.1) is 0 Å². The number of allylic oxidation sites excluding steroid dienone is 1. The van der Waals surface area contributed by atoms with E-state index >= 15 is 0 Å². The van der Waals surface area contributed by atoms with E-state index in [-0.39, 0.29) is 5.82 Å². The van der Waals surface area contributed by atoms with Gasteiger partial charge in [0, 0.05) is 31.9 Å². The molecule has 1 aliphatic rings. The number of benzene rings is 2. The average Bonchev–Trinajstić information content (AvgIpc) is 2.69. The third-order valence-corrected chi connectivity index (χ3v) is 4.94. The number of hydrogen-bond donors (Lipinski definition) is 0. The number of aryl methyl sites for hydroxylation is 1. The molecule has 0 aromatic heterocycles. The van der Waals surface area contributed by atoms with Crippen molar-refractivity contribution in [2.45, 2.75) is 26.7 Å². The van der Waals surface area contributed by atoms with Crippen molar-refractivity contribution in [3.05, 3.63) is 77.2 Å². The SMILES string of the molecule is C=C(CC)N1CCN(c2ccc(F)cc2Cl)CC1.CCc1ccccc1. The van der Waals surface area contributed by atoms with Gasteiger partial charge in [0.2, 0.25) is 0 Å². The van der Waals surface area contributed by atoms with Crippen LogP contribution in [0.1, 0.15) is 25.8 Å². The maximum atomic E-state index is 13.0. The lowest BCUT2D eigenvalue weighted by Gasteiger charge is -2.38. The average molecular weight is 375 g/mol. The minimum Gasteiger partial charge on any atom is -0.372 e. The first-order valence-corrected chi connectivity index (χ1v) is 9.59. The van der Waals surface area contributed by atoms with Crippen molar-refractivity contribution in [1.29, 1.82) is 0 Å². The van der Waals surface area contributed by atoms with Gasteiger partial charge >= 0.3 is 0 Å². The summed E-state index contributed by atoms with van der Waals surface area (Å²) in [6.07, 6.45) is 2.12. The molecule has 2 nitrogen and oxygen atoms in total. The Morgan fingerprint density at radius 3 is 2.19 bits per heavy atom. The fourth-order valence-electron chi connectivity index (χ4n) is 2.94. The van der Waals surface area contributed by atoms with E-state index in [1.54, 1.807) is 6.07 Å². The van der Waals surface area contributed by atoms with E-state index in [1.165, 1.54) is 23.4 Å². The van der Waals surface area contributed by atoms with Crippen LogP contribution >= 0.6 is 11.6 Å². The first-order valence-electron chi connectivity index (χ1n) is 9.21. The predicted octanol–water partition coefficient (Wildman–Crippen LogP) is 5.77. The fraction of sp³-hybridized carbons (Fsp3) is 0.364. The number of anilines is 1. The Balaban J connectivity index is 0.000000254. The molecule has 2 aromatic carbocycles. The van der Waals surface area contributed by atoms with Gasteiger partial charge in [-0.2, -0.15) is 0 Å². The third-order valence-electron chi connectivity index (χ3n) is 4.64.